The highest BCUT2D eigenvalue weighted by Crippen LogP contribution is 2.26. The Hall–Kier alpha value is -2.86. The first-order valence-corrected chi connectivity index (χ1v) is 11.0. The summed E-state index contributed by atoms with van der Waals surface area (Å²) in [6.07, 6.45) is 0.973. The van der Waals surface area contributed by atoms with Crippen molar-refractivity contribution >= 4 is 34.4 Å². The second-order valence-electron chi connectivity index (χ2n) is 8.60. The minimum atomic E-state index is -0.381. The molecule has 7 heteroatoms. The number of fused-ring (bicyclic) bond motifs is 1. The van der Waals surface area contributed by atoms with Crippen LogP contribution < -0.4 is 5.32 Å². The van der Waals surface area contributed by atoms with Crippen LogP contribution in [-0.4, -0.2) is 33.2 Å². The highest BCUT2D eigenvalue weighted by Gasteiger charge is 2.35. The summed E-state index contributed by atoms with van der Waals surface area (Å²) in [5.41, 5.74) is 2.71. The summed E-state index contributed by atoms with van der Waals surface area (Å²) in [5.74, 6) is 0.611. The van der Waals surface area contributed by atoms with Crippen molar-refractivity contribution in [2.45, 2.75) is 39.3 Å². The molecule has 2 N–H and O–H groups in total. The van der Waals surface area contributed by atoms with Crippen molar-refractivity contribution in [2.24, 2.45) is 11.8 Å². The van der Waals surface area contributed by atoms with Gasteiger partial charge in [0, 0.05) is 24.5 Å². The van der Waals surface area contributed by atoms with E-state index in [0.717, 1.165) is 28.8 Å². The first-order chi connectivity index (χ1) is 14.9. The molecule has 0 radical (unpaired) electrons. The van der Waals surface area contributed by atoms with E-state index in [1.54, 1.807) is 4.90 Å². The van der Waals surface area contributed by atoms with E-state index in [0.29, 0.717) is 24.0 Å². The number of amides is 2. The number of carbonyl (C=O) groups excluding carboxylic acids is 2. The van der Waals surface area contributed by atoms with Crippen LogP contribution in [0.25, 0.3) is 11.0 Å². The number of likely N-dealkylation sites (tertiary alicyclic amines) is 1. The van der Waals surface area contributed by atoms with Crippen molar-refractivity contribution in [1.82, 2.24) is 20.2 Å². The van der Waals surface area contributed by atoms with E-state index in [9.17, 15) is 9.59 Å². The molecule has 2 heterocycles. The van der Waals surface area contributed by atoms with E-state index in [4.69, 9.17) is 11.6 Å². The number of benzene rings is 2. The smallest absolute Gasteiger partial charge is 0.226 e. The lowest BCUT2D eigenvalue weighted by Crippen LogP contribution is -2.36. The molecule has 0 saturated carbocycles. The molecule has 162 valence electrons. The summed E-state index contributed by atoms with van der Waals surface area (Å²) in [6.45, 7) is 5.05. The summed E-state index contributed by atoms with van der Waals surface area (Å²) in [5, 5.41) is 3.78. The molecule has 1 saturated heterocycles. The van der Waals surface area contributed by atoms with Gasteiger partial charge in [-0.1, -0.05) is 55.8 Å². The molecule has 4 rings (SSSR count). The van der Waals surface area contributed by atoms with Crippen LogP contribution in [-0.2, 0) is 16.1 Å². The molecule has 2 unspecified atom stereocenters. The molecule has 2 aromatic carbocycles. The van der Waals surface area contributed by atoms with Crippen molar-refractivity contribution in [3.05, 3.63) is 64.9 Å². The minimum Gasteiger partial charge on any atom is -0.346 e. The SMILES string of the molecule is CC(C)CC(NC(=O)C1CC(=O)N(Cc2ccccc2Cl)C1)c1nc2ccccc2[nH]1. The van der Waals surface area contributed by atoms with Crippen molar-refractivity contribution in [1.29, 1.82) is 0 Å². The number of para-hydroxylation sites is 2. The zero-order valence-corrected chi connectivity index (χ0v) is 18.5. The molecule has 0 bridgehead atoms. The second kappa shape index (κ2) is 9.10. The fourth-order valence-corrected chi connectivity index (χ4v) is 4.27. The predicted molar refractivity (Wildman–Crippen MR) is 121 cm³/mol. The number of rotatable bonds is 7. The number of aromatic amines is 1. The number of hydrogen-bond donors (Lipinski definition) is 2. The van der Waals surface area contributed by atoms with E-state index >= 15 is 0 Å². The molecule has 1 aliphatic rings. The first-order valence-electron chi connectivity index (χ1n) is 10.7. The number of H-pyrrole nitrogens is 1. The Morgan fingerprint density at radius 2 is 1.97 bits per heavy atom. The standard InChI is InChI=1S/C24H27ClN4O2/c1-15(2)11-21(23-26-19-9-5-6-10-20(19)27-23)28-24(31)17-12-22(30)29(14-17)13-16-7-3-4-8-18(16)25/h3-10,15,17,21H,11-14H2,1-2H3,(H,26,27)(H,28,31). The normalized spacial score (nSPS) is 17.5. The number of nitrogens with zero attached hydrogens (tertiary/aromatic N) is 2. The number of aromatic nitrogens is 2. The van der Waals surface area contributed by atoms with E-state index in [-0.39, 0.29) is 30.2 Å². The maximum absolute atomic E-state index is 13.1. The van der Waals surface area contributed by atoms with Gasteiger partial charge >= 0.3 is 0 Å². The fourth-order valence-electron chi connectivity index (χ4n) is 4.07. The van der Waals surface area contributed by atoms with E-state index in [1.807, 2.05) is 48.5 Å². The summed E-state index contributed by atoms with van der Waals surface area (Å²) in [6, 6.07) is 15.1. The zero-order valence-electron chi connectivity index (χ0n) is 17.8. The van der Waals surface area contributed by atoms with E-state index in [2.05, 4.69) is 29.1 Å². The molecule has 6 nitrogen and oxygen atoms in total. The van der Waals surface area contributed by atoms with Gasteiger partial charge in [-0.25, -0.2) is 4.98 Å². The van der Waals surface area contributed by atoms with Gasteiger partial charge in [0.2, 0.25) is 11.8 Å². The Bertz CT molecular complexity index is 1060. The molecule has 31 heavy (non-hydrogen) atoms. The van der Waals surface area contributed by atoms with Gasteiger partial charge in [-0.05, 0) is 36.1 Å². The zero-order chi connectivity index (χ0) is 22.0. The van der Waals surface area contributed by atoms with Gasteiger partial charge in [0.05, 0.1) is 23.0 Å². The predicted octanol–water partition coefficient (Wildman–Crippen LogP) is 4.47. The summed E-state index contributed by atoms with van der Waals surface area (Å²) < 4.78 is 0. The van der Waals surface area contributed by atoms with Crippen LogP contribution in [0.3, 0.4) is 0 Å². The monoisotopic (exact) mass is 438 g/mol. The number of carbonyl (C=O) groups is 2. The Kier molecular flexibility index (Phi) is 6.28. The molecule has 3 aromatic rings. The van der Waals surface area contributed by atoms with Gasteiger partial charge in [-0.15, -0.1) is 0 Å². The van der Waals surface area contributed by atoms with Gasteiger partial charge in [0.1, 0.15) is 5.82 Å². The average Bonchev–Trinajstić information content (AvgIpc) is 3.32. The highest BCUT2D eigenvalue weighted by atomic mass is 35.5. The molecule has 0 spiro atoms. The number of halogens is 1. The van der Waals surface area contributed by atoms with Gasteiger partial charge in [0.15, 0.2) is 0 Å². The van der Waals surface area contributed by atoms with Crippen molar-refractivity contribution in [3.63, 3.8) is 0 Å². The minimum absolute atomic E-state index is 0.0239. The lowest BCUT2D eigenvalue weighted by Gasteiger charge is -2.21. The highest BCUT2D eigenvalue weighted by molar-refractivity contribution is 6.31. The molecule has 1 fully saturated rings. The van der Waals surface area contributed by atoms with Crippen LogP contribution in [0.4, 0.5) is 0 Å². The van der Waals surface area contributed by atoms with Crippen LogP contribution in [0, 0.1) is 11.8 Å². The number of hydrogen-bond acceptors (Lipinski definition) is 3. The summed E-state index contributed by atoms with van der Waals surface area (Å²) in [4.78, 5) is 35.3. The molecular formula is C24H27ClN4O2. The fraction of sp³-hybridized carbons (Fsp3) is 0.375. The first kappa shape index (κ1) is 21.4. The molecular weight excluding hydrogens is 412 g/mol. The maximum atomic E-state index is 13.1. The van der Waals surface area contributed by atoms with Crippen LogP contribution >= 0.6 is 11.6 Å². The third-order valence-electron chi connectivity index (χ3n) is 5.67. The lowest BCUT2D eigenvalue weighted by molar-refractivity contribution is -0.129. The summed E-state index contributed by atoms with van der Waals surface area (Å²) >= 11 is 6.24. The third kappa shape index (κ3) is 4.90. The largest absolute Gasteiger partial charge is 0.346 e. The van der Waals surface area contributed by atoms with Crippen LogP contribution in [0.2, 0.25) is 5.02 Å². The van der Waals surface area contributed by atoms with Crippen LogP contribution in [0.15, 0.2) is 48.5 Å². The van der Waals surface area contributed by atoms with Crippen molar-refractivity contribution in [2.75, 3.05) is 6.54 Å². The van der Waals surface area contributed by atoms with Gasteiger partial charge < -0.3 is 15.2 Å². The van der Waals surface area contributed by atoms with E-state index in [1.165, 1.54) is 0 Å². The average molecular weight is 439 g/mol. The Balaban J connectivity index is 1.46. The lowest BCUT2D eigenvalue weighted by atomic mass is 10.0. The van der Waals surface area contributed by atoms with Crippen molar-refractivity contribution < 1.29 is 9.59 Å². The number of nitrogens with one attached hydrogen (secondary N) is 2. The Morgan fingerprint density at radius 3 is 2.71 bits per heavy atom. The topological polar surface area (TPSA) is 78.1 Å². The van der Waals surface area contributed by atoms with Crippen LogP contribution in [0.5, 0.6) is 0 Å². The maximum Gasteiger partial charge on any atom is 0.226 e. The molecule has 1 aliphatic heterocycles. The third-order valence-corrected chi connectivity index (χ3v) is 6.03. The molecule has 1 aromatic heterocycles. The van der Waals surface area contributed by atoms with Crippen LogP contribution in [0.1, 0.15) is 44.1 Å². The molecule has 2 amide bonds. The van der Waals surface area contributed by atoms with Gasteiger partial charge in [0.25, 0.3) is 0 Å². The number of imidazole rings is 1. The van der Waals surface area contributed by atoms with Gasteiger partial charge in [-0.3, -0.25) is 9.59 Å². The second-order valence-corrected chi connectivity index (χ2v) is 9.00. The quantitative estimate of drug-likeness (QED) is 0.571. The molecule has 2 atom stereocenters. The summed E-state index contributed by atoms with van der Waals surface area (Å²) in [7, 11) is 0. The van der Waals surface area contributed by atoms with Crippen molar-refractivity contribution in [3.8, 4) is 0 Å². The molecule has 0 aliphatic carbocycles. The van der Waals surface area contributed by atoms with E-state index < -0.39 is 0 Å². The van der Waals surface area contributed by atoms with Gasteiger partial charge in [-0.2, -0.15) is 0 Å². The Morgan fingerprint density at radius 1 is 1.23 bits per heavy atom. The Labute approximate surface area is 187 Å².